The predicted octanol–water partition coefficient (Wildman–Crippen LogP) is 3.26. The molecular formula is C14H18F3NO. The molecule has 2 rings (SSSR count). The molecule has 1 heterocycles. The molecule has 1 aliphatic rings. The highest BCUT2D eigenvalue weighted by molar-refractivity contribution is 5.26. The van der Waals surface area contributed by atoms with Gasteiger partial charge in [0, 0.05) is 12.5 Å². The smallest absolute Gasteiger partial charge is 0.203 e. The van der Waals surface area contributed by atoms with Gasteiger partial charge in [-0.3, -0.25) is 0 Å². The molecule has 1 aliphatic heterocycles. The van der Waals surface area contributed by atoms with Gasteiger partial charge in [0.25, 0.3) is 0 Å². The van der Waals surface area contributed by atoms with Gasteiger partial charge in [0.05, 0.1) is 0 Å². The summed E-state index contributed by atoms with van der Waals surface area (Å²) in [5.74, 6) is -3.83. The van der Waals surface area contributed by atoms with Gasteiger partial charge < -0.3 is 10.1 Å². The molecule has 2 atom stereocenters. The molecule has 0 radical (unpaired) electrons. The van der Waals surface area contributed by atoms with Crippen LogP contribution in [0.25, 0.3) is 0 Å². The zero-order valence-corrected chi connectivity index (χ0v) is 10.9. The summed E-state index contributed by atoms with van der Waals surface area (Å²) in [5.41, 5.74) is 0. The zero-order valence-electron chi connectivity index (χ0n) is 10.9. The number of hydrogen-bond donors (Lipinski definition) is 1. The van der Waals surface area contributed by atoms with Gasteiger partial charge in [0.2, 0.25) is 5.82 Å². The summed E-state index contributed by atoms with van der Waals surface area (Å²) in [7, 11) is 0. The zero-order chi connectivity index (χ0) is 13.8. The fourth-order valence-corrected chi connectivity index (χ4v) is 2.43. The summed E-state index contributed by atoms with van der Waals surface area (Å²) in [5, 5.41) is 3.22. The first-order chi connectivity index (χ1) is 9.13. The van der Waals surface area contributed by atoms with E-state index in [2.05, 4.69) is 5.32 Å². The molecule has 1 fully saturated rings. The fraction of sp³-hybridized carbons (Fsp3) is 0.571. The van der Waals surface area contributed by atoms with E-state index < -0.39 is 17.5 Å². The third kappa shape index (κ3) is 3.21. The minimum Gasteiger partial charge on any atom is -0.487 e. The van der Waals surface area contributed by atoms with Crippen molar-refractivity contribution in [2.24, 2.45) is 5.92 Å². The maximum atomic E-state index is 13.6. The summed E-state index contributed by atoms with van der Waals surface area (Å²) in [6, 6.07) is 2.04. The lowest BCUT2D eigenvalue weighted by atomic mass is 9.97. The van der Waals surface area contributed by atoms with Crippen LogP contribution in [0.1, 0.15) is 26.2 Å². The average molecular weight is 273 g/mol. The normalized spacial score (nSPS) is 20.5. The second-order valence-corrected chi connectivity index (χ2v) is 4.87. The lowest BCUT2D eigenvalue weighted by Gasteiger charge is -2.24. The van der Waals surface area contributed by atoms with Gasteiger partial charge in [0.1, 0.15) is 6.10 Å². The van der Waals surface area contributed by atoms with Crippen molar-refractivity contribution in [2.75, 3.05) is 13.1 Å². The van der Waals surface area contributed by atoms with E-state index in [1.54, 1.807) is 0 Å². The Balaban J connectivity index is 2.14. The molecular weight excluding hydrogens is 255 g/mol. The minimum absolute atomic E-state index is 0.167. The van der Waals surface area contributed by atoms with Crippen LogP contribution in [-0.2, 0) is 0 Å². The first-order valence-corrected chi connectivity index (χ1v) is 6.64. The number of rotatable bonds is 5. The Labute approximate surface area is 111 Å². The van der Waals surface area contributed by atoms with Crippen molar-refractivity contribution in [3.05, 3.63) is 29.6 Å². The summed E-state index contributed by atoms with van der Waals surface area (Å²) in [4.78, 5) is 0. The molecule has 0 spiro atoms. The van der Waals surface area contributed by atoms with Gasteiger partial charge in [-0.15, -0.1) is 0 Å². The Morgan fingerprint density at radius 3 is 2.74 bits per heavy atom. The molecule has 1 aromatic rings. The van der Waals surface area contributed by atoms with Crippen LogP contribution in [-0.4, -0.2) is 19.2 Å². The van der Waals surface area contributed by atoms with E-state index in [1.807, 2.05) is 6.92 Å². The molecule has 1 aromatic carbocycles. The Hall–Kier alpha value is -1.23. The standard InChI is InChI=1S/C14H18F3NO/c1-2-3-11(9-6-7-18-8-9)19-12-5-4-10(15)13(16)14(12)17/h4-5,9,11,18H,2-3,6-8H2,1H3/t9-,11+/m0/s1. The van der Waals surface area contributed by atoms with E-state index in [9.17, 15) is 13.2 Å². The van der Waals surface area contributed by atoms with Crippen LogP contribution in [0.3, 0.4) is 0 Å². The highest BCUT2D eigenvalue weighted by Crippen LogP contribution is 2.27. The monoisotopic (exact) mass is 273 g/mol. The number of halogens is 3. The largest absolute Gasteiger partial charge is 0.487 e. The van der Waals surface area contributed by atoms with Crippen LogP contribution in [0.2, 0.25) is 0 Å². The summed E-state index contributed by atoms with van der Waals surface area (Å²) < 4.78 is 45.2. The molecule has 0 amide bonds. The predicted molar refractivity (Wildman–Crippen MR) is 66.6 cm³/mol. The van der Waals surface area contributed by atoms with E-state index in [0.29, 0.717) is 0 Å². The molecule has 1 N–H and O–H groups in total. The third-order valence-corrected chi connectivity index (χ3v) is 3.48. The van der Waals surface area contributed by atoms with Crippen molar-refractivity contribution in [2.45, 2.75) is 32.3 Å². The second-order valence-electron chi connectivity index (χ2n) is 4.87. The molecule has 2 nitrogen and oxygen atoms in total. The van der Waals surface area contributed by atoms with Gasteiger partial charge >= 0.3 is 0 Å². The maximum Gasteiger partial charge on any atom is 0.203 e. The van der Waals surface area contributed by atoms with Crippen molar-refractivity contribution < 1.29 is 17.9 Å². The van der Waals surface area contributed by atoms with E-state index in [-0.39, 0.29) is 17.8 Å². The van der Waals surface area contributed by atoms with Crippen molar-refractivity contribution in [1.82, 2.24) is 5.32 Å². The fourth-order valence-electron chi connectivity index (χ4n) is 2.43. The van der Waals surface area contributed by atoms with Crippen LogP contribution in [0, 0.1) is 23.4 Å². The van der Waals surface area contributed by atoms with Crippen molar-refractivity contribution in [1.29, 1.82) is 0 Å². The van der Waals surface area contributed by atoms with Gasteiger partial charge in [-0.05, 0) is 31.5 Å². The topological polar surface area (TPSA) is 21.3 Å². The first kappa shape index (κ1) is 14.2. The quantitative estimate of drug-likeness (QED) is 0.831. The van der Waals surface area contributed by atoms with E-state index in [1.165, 1.54) is 0 Å². The summed E-state index contributed by atoms with van der Waals surface area (Å²) in [6.45, 7) is 3.74. The summed E-state index contributed by atoms with van der Waals surface area (Å²) in [6.07, 6.45) is 2.45. The van der Waals surface area contributed by atoms with Crippen LogP contribution < -0.4 is 10.1 Å². The van der Waals surface area contributed by atoms with Crippen molar-refractivity contribution in [3.8, 4) is 5.75 Å². The molecule has 106 valence electrons. The van der Waals surface area contributed by atoms with Crippen molar-refractivity contribution in [3.63, 3.8) is 0 Å². The first-order valence-electron chi connectivity index (χ1n) is 6.64. The molecule has 0 aliphatic carbocycles. The molecule has 5 heteroatoms. The molecule has 0 unspecified atom stereocenters. The van der Waals surface area contributed by atoms with E-state index in [0.717, 1.165) is 44.5 Å². The third-order valence-electron chi connectivity index (χ3n) is 3.48. The van der Waals surface area contributed by atoms with Gasteiger partial charge in [0.15, 0.2) is 17.4 Å². The molecule has 19 heavy (non-hydrogen) atoms. The van der Waals surface area contributed by atoms with Gasteiger partial charge in [-0.1, -0.05) is 13.3 Å². The average Bonchev–Trinajstić information content (AvgIpc) is 2.92. The number of nitrogens with one attached hydrogen (secondary N) is 1. The van der Waals surface area contributed by atoms with Crippen LogP contribution in [0.4, 0.5) is 13.2 Å². The maximum absolute atomic E-state index is 13.6. The minimum atomic E-state index is -1.47. The van der Waals surface area contributed by atoms with Crippen LogP contribution in [0.15, 0.2) is 12.1 Å². The molecule has 0 saturated carbocycles. The molecule has 0 bridgehead atoms. The van der Waals surface area contributed by atoms with Crippen LogP contribution >= 0.6 is 0 Å². The highest BCUT2D eigenvalue weighted by atomic mass is 19.2. The van der Waals surface area contributed by atoms with Crippen LogP contribution in [0.5, 0.6) is 5.75 Å². The Morgan fingerprint density at radius 1 is 1.32 bits per heavy atom. The lowest BCUT2D eigenvalue weighted by Crippen LogP contribution is -2.29. The number of benzene rings is 1. The number of hydrogen-bond acceptors (Lipinski definition) is 2. The lowest BCUT2D eigenvalue weighted by molar-refractivity contribution is 0.125. The highest BCUT2D eigenvalue weighted by Gasteiger charge is 2.27. The summed E-state index contributed by atoms with van der Waals surface area (Å²) >= 11 is 0. The van der Waals surface area contributed by atoms with Crippen molar-refractivity contribution >= 4 is 0 Å². The second kappa shape index (κ2) is 6.28. The Kier molecular flexibility index (Phi) is 4.69. The van der Waals surface area contributed by atoms with Gasteiger partial charge in [-0.2, -0.15) is 4.39 Å². The SMILES string of the molecule is CCC[C@@H](Oc1ccc(F)c(F)c1F)[C@H]1CCNC1. The van der Waals surface area contributed by atoms with E-state index in [4.69, 9.17) is 4.74 Å². The molecule has 1 saturated heterocycles. The Bertz CT molecular complexity index is 433. The molecule has 0 aromatic heterocycles. The van der Waals surface area contributed by atoms with E-state index >= 15 is 0 Å². The van der Waals surface area contributed by atoms with Gasteiger partial charge in [-0.25, -0.2) is 8.78 Å². The Morgan fingerprint density at radius 2 is 2.11 bits per heavy atom. The number of ether oxygens (including phenoxy) is 1.